The van der Waals surface area contributed by atoms with Gasteiger partial charge in [0.05, 0.1) is 17.8 Å². The van der Waals surface area contributed by atoms with Crippen LogP contribution in [0.4, 0.5) is 22.0 Å². The Hall–Kier alpha value is -3.02. The van der Waals surface area contributed by atoms with Crippen LogP contribution in [-0.4, -0.2) is 69.8 Å². The zero-order valence-corrected chi connectivity index (χ0v) is 21.2. The number of imidazole rings is 1. The van der Waals surface area contributed by atoms with Crippen molar-refractivity contribution in [1.29, 1.82) is 0 Å². The van der Waals surface area contributed by atoms with E-state index in [-0.39, 0.29) is 30.2 Å². The van der Waals surface area contributed by atoms with Gasteiger partial charge in [-0.25, -0.2) is 26.9 Å². The maximum absolute atomic E-state index is 14.7. The molecular weight excluding hydrogens is 497 g/mol. The van der Waals surface area contributed by atoms with Crippen LogP contribution in [0.3, 0.4) is 0 Å². The molecule has 2 amide bonds. The van der Waals surface area contributed by atoms with Gasteiger partial charge >= 0.3 is 0 Å². The van der Waals surface area contributed by atoms with E-state index in [2.05, 4.69) is 10.3 Å². The van der Waals surface area contributed by atoms with Crippen LogP contribution < -0.4 is 5.32 Å². The highest BCUT2D eigenvalue weighted by atomic mass is 19.3. The third kappa shape index (κ3) is 5.48. The molecular formula is C25H30F5N5O2. The topological polar surface area (TPSA) is 70.5 Å². The molecule has 2 aliphatic rings. The third-order valence-corrected chi connectivity index (χ3v) is 6.75. The Kier molecular flexibility index (Phi) is 7.08. The molecule has 2 aliphatic heterocycles. The summed E-state index contributed by atoms with van der Waals surface area (Å²) in [6, 6.07) is -0.0150. The molecule has 1 aromatic carbocycles. The molecule has 3 heterocycles. The second-order valence-electron chi connectivity index (χ2n) is 10.9. The standard InChI is InChI=1S/C25H30F5N5O2/c1-24(2,3)20(23(37)34-9-6-25(29,30)13-34)32-22(36)19-18-12-33(4)7-5-8-35(18)21(31-19)14-10-16(27)17(28)11-15(14)26/h10-11,20H,5-9,12-13H2,1-4H3,(H,32,36)/t20-/m1/s1. The van der Waals surface area contributed by atoms with Gasteiger partial charge < -0.3 is 19.7 Å². The second-order valence-corrected chi connectivity index (χ2v) is 10.9. The fourth-order valence-corrected chi connectivity index (χ4v) is 4.76. The fourth-order valence-electron chi connectivity index (χ4n) is 4.76. The van der Waals surface area contributed by atoms with Crippen LogP contribution in [0.15, 0.2) is 12.1 Å². The highest BCUT2D eigenvalue weighted by Crippen LogP contribution is 2.32. The molecule has 0 spiro atoms. The summed E-state index contributed by atoms with van der Waals surface area (Å²) in [7, 11) is 1.83. The van der Waals surface area contributed by atoms with Crippen LogP contribution in [0.2, 0.25) is 0 Å². The first-order valence-electron chi connectivity index (χ1n) is 12.1. The molecule has 4 rings (SSSR count). The lowest BCUT2D eigenvalue weighted by Gasteiger charge is -2.33. The van der Waals surface area contributed by atoms with E-state index in [4.69, 9.17) is 0 Å². The van der Waals surface area contributed by atoms with Crippen LogP contribution in [0.25, 0.3) is 11.4 Å². The monoisotopic (exact) mass is 527 g/mol. The van der Waals surface area contributed by atoms with Crippen LogP contribution >= 0.6 is 0 Å². The smallest absolute Gasteiger partial charge is 0.272 e. The van der Waals surface area contributed by atoms with E-state index < -0.39 is 59.6 Å². The molecule has 2 aromatic rings. The van der Waals surface area contributed by atoms with Gasteiger partial charge in [-0.3, -0.25) is 9.59 Å². The first-order chi connectivity index (χ1) is 17.2. The number of amides is 2. The third-order valence-electron chi connectivity index (χ3n) is 6.75. The van der Waals surface area contributed by atoms with Crippen molar-refractivity contribution in [2.45, 2.75) is 58.7 Å². The van der Waals surface area contributed by atoms with Crippen LogP contribution in [0, 0.1) is 22.9 Å². The van der Waals surface area contributed by atoms with Crippen molar-refractivity contribution < 1.29 is 31.5 Å². The summed E-state index contributed by atoms with van der Waals surface area (Å²) in [6.07, 6.45) is 0.180. The number of hydrogen-bond donors (Lipinski definition) is 1. The highest BCUT2D eigenvalue weighted by molar-refractivity contribution is 5.98. The molecule has 0 radical (unpaired) electrons. The summed E-state index contributed by atoms with van der Waals surface area (Å²) >= 11 is 0. The van der Waals surface area contributed by atoms with Crippen molar-refractivity contribution in [3.8, 4) is 11.4 Å². The first kappa shape index (κ1) is 27.0. The molecule has 1 fully saturated rings. The maximum atomic E-state index is 14.7. The number of nitrogens with one attached hydrogen (secondary N) is 1. The van der Waals surface area contributed by atoms with Crippen molar-refractivity contribution in [1.82, 2.24) is 24.7 Å². The van der Waals surface area contributed by atoms with Gasteiger partial charge in [-0.1, -0.05) is 20.8 Å². The summed E-state index contributed by atoms with van der Waals surface area (Å²) in [6.45, 7) is 5.52. The number of fused-ring (bicyclic) bond motifs is 1. The van der Waals surface area contributed by atoms with Crippen molar-refractivity contribution in [2.75, 3.05) is 26.7 Å². The Labute approximate surface area is 211 Å². The molecule has 7 nitrogen and oxygen atoms in total. The molecule has 1 aromatic heterocycles. The largest absolute Gasteiger partial charge is 0.338 e. The fraction of sp³-hybridized carbons (Fsp3) is 0.560. The number of alkyl halides is 2. The number of aromatic nitrogens is 2. The molecule has 0 unspecified atom stereocenters. The van der Waals surface area contributed by atoms with Crippen molar-refractivity contribution >= 4 is 11.8 Å². The van der Waals surface area contributed by atoms with Crippen LogP contribution in [-0.2, 0) is 17.9 Å². The second kappa shape index (κ2) is 9.70. The average molecular weight is 528 g/mol. The van der Waals surface area contributed by atoms with Gasteiger partial charge in [0.1, 0.15) is 17.7 Å². The van der Waals surface area contributed by atoms with E-state index in [1.165, 1.54) is 0 Å². The van der Waals surface area contributed by atoms with Gasteiger partial charge in [-0.15, -0.1) is 0 Å². The van der Waals surface area contributed by atoms with Gasteiger partial charge in [-0.2, -0.15) is 0 Å². The molecule has 12 heteroatoms. The Bertz CT molecular complexity index is 1220. The predicted octanol–water partition coefficient (Wildman–Crippen LogP) is 3.82. The van der Waals surface area contributed by atoms with Gasteiger partial charge in [0.15, 0.2) is 17.3 Å². The lowest BCUT2D eigenvalue weighted by molar-refractivity contribution is -0.136. The summed E-state index contributed by atoms with van der Waals surface area (Å²) in [4.78, 5) is 34.0. The number of likely N-dealkylation sites (tertiary alicyclic amines) is 1. The lowest BCUT2D eigenvalue weighted by Crippen LogP contribution is -2.54. The SMILES string of the molecule is CN1CCCn2c(-c3cc(F)c(F)cc3F)nc(C(=O)N[C@H](C(=O)N3CCC(F)(F)C3)C(C)(C)C)c2C1. The number of rotatable bonds is 4. The minimum atomic E-state index is -2.99. The van der Waals surface area contributed by atoms with Gasteiger partial charge in [0, 0.05) is 32.1 Å². The van der Waals surface area contributed by atoms with Crippen molar-refractivity contribution in [3.63, 3.8) is 0 Å². The van der Waals surface area contributed by atoms with E-state index >= 15 is 0 Å². The number of carbonyl (C=O) groups is 2. The van der Waals surface area contributed by atoms with Gasteiger partial charge in [0.2, 0.25) is 5.91 Å². The van der Waals surface area contributed by atoms with Gasteiger partial charge in [-0.05, 0) is 31.5 Å². The number of nitrogens with zero attached hydrogens (tertiary/aromatic N) is 4. The highest BCUT2D eigenvalue weighted by Gasteiger charge is 2.45. The molecule has 37 heavy (non-hydrogen) atoms. The minimum Gasteiger partial charge on any atom is -0.338 e. The first-order valence-corrected chi connectivity index (χ1v) is 12.1. The molecule has 202 valence electrons. The predicted molar refractivity (Wildman–Crippen MR) is 125 cm³/mol. The molecule has 1 atom stereocenters. The summed E-state index contributed by atoms with van der Waals surface area (Å²) in [5.74, 6) is -8.04. The number of hydrogen-bond acceptors (Lipinski definition) is 4. The number of carbonyl (C=O) groups excluding carboxylic acids is 2. The summed E-state index contributed by atoms with van der Waals surface area (Å²) < 4.78 is 71.4. The normalized spacial score (nSPS) is 18.9. The Morgan fingerprint density at radius 3 is 2.35 bits per heavy atom. The van der Waals surface area contributed by atoms with E-state index in [0.717, 1.165) is 4.90 Å². The Balaban J connectivity index is 1.73. The van der Waals surface area contributed by atoms with E-state index in [9.17, 15) is 31.5 Å². The Morgan fingerprint density at radius 2 is 1.73 bits per heavy atom. The molecule has 0 saturated carbocycles. The minimum absolute atomic E-state index is 0.0373. The lowest BCUT2D eigenvalue weighted by atomic mass is 9.85. The van der Waals surface area contributed by atoms with E-state index in [1.807, 2.05) is 11.9 Å². The summed E-state index contributed by atoms with van der Waals surface area (Å²) in [5, 5.41) is 2.67. The maximum Gasteiger partial charge on any atom is 0.272 e. The van der Waals surface area contributed by atoms with E-state index in [0.29, 0.717) is 37.3 Å². The zero-order valence-electron chi connectivity index (χ0n) is 21.2. The zero-order chi connectivity index (χ0) is 27.3. The van der Waals surface area contributed by atoms with Gasteiger partial charge in [0.25, 0.3) is 11.8 Å². The molecule has 0 aliphatic carbocycles. The molecule has 1 N–H and O–H groups in total. The van der Waals surface area contributed by atoms with Crippen molar-refractivity contribution in [2.24, 2.45) is 5.41 Å². The average Bonchev–Trinajstić information content (AvgIpc) is 3.26. The van der Waals surface area contributed by atoms with Crippen LogP contribution in [0.1, 0.15) is 49.8 Å². The van der Waals surface area contributed by atoms with E-state index in [1.54, 1.807) is 25.3 Å². The quantitative estimate of drug-likeness (QED) is 0.485. The Morgan fingerprint density at radius 1 is 1.05 bits per heavy atom. The molecule has 0 bridgehead atoms. The van der Waals surface area contributed by atoms with Crippen molar-refractivity contribution in [3.05, 3.63) is 41.0 Å². The summed E-state index contributed by atoms with van der Waals surface area (Å²) in [5.41, 5.74) is -0.801. The van der Waals surface area contributed by atoms with Crippen LogP contribution in [0.5, 0.6) is 0 Å². The number of benzene rings is 1. The molecule has 1 saturated heterocycles. The number of halogens is 5.